The molecule has 0 amide bonds. The molecule has 19 heavy (non-hydrogen) atoms. The van der Waals surface area contributed by atoms with Crippen LogP contribution in [0, 0.1) is 10.1 Å². The zero-order valence-electron chi connectivity index (χ0n) is 10.3. The van der Waals surface area contributed by atoms with Gasteiger partial charge in [-0.05, 0) is 31.2 Å². The standard InChI is InChI=1S/C13H13BrN2O3/c1-9(7-11-3-2-6-19-11)15-12-8-10(14)4-5-13(12)16(17)18/h2-6,8-9,15H,7H2,1H3. The van der Waals surface area contributed by atoms with Crippen LogP contribution in [0.3, 0.4) is 0 Å². The fraction of sp³-hybridized carbons (Fsp3) is 0.231. The normalized spacial score (nSPS) is 12.1. The zero-order valence-corrected chi connectivity index (χ0v) is 11.9. The molecule has 2 aromatic rings. The Kier molecular flexibility index (Phi) is 4.21. The van der Waals surface area contributed by atoms with E-state index in [2.05, 4.69) is 21.2 Å². The van der Waals surface area contributed by atoms with Gasteiger partial charge >= 0.3 is 0 Å². The number of nitrogens with one attached hydrogen (secondary N) is 1. The molecule has 0 radical (unpaired) electrons. The van der Waals surface area contributed by atoms with Gasteiger partial charge in [0.2, 0.25) is 0 Å². The molecule has 0 aliphatic rings. The van der Waals surface area contributed by atoms with Gasteiger partial charge in [-0.3, -0.25) is 10.1 Å². The van der Waals surface area contributed by atoms with Gasteiger partial charge in [-0.25, -0.2) is 0 Å². The van der Waals surface area contributed by atoms with Crippen LogP contribution < -0.4 is 5.32 Å². The third kappa shape index (κ3) is 3.57. The molecular weight excluding hydrogens is 312 g/mol. The van der Waals surface area contributed by atoms with Crippen LogP contribution in [0.4, 0.5) is 11.4 Å². The summed E-state index contributed by atoms with van der Waals surface area (Å²) in [6, 6.07) is 8.57. The highest BCUT2D eigenvalue weighted by Gasteiger charge is 2.16. The van der Waals surface area contributed by atoms with Gasteiger partial charge in [0.25, 0.3) is 5.69 Å². The smallest absolute Gasteiger partial charge is 0.292 e. The molecule has 1 N–H and O–H groups in total. The van der Waals surface area contributed by atoms with Gasteiger partial charge in [0, 0.05) is 23.0 Å². The minimum atomic E-state index is -0.394. The van der Waals surface area contributed by atoms with Crippen molar-refractivity contribution in [2.75, 3.05) is 5.32 Å². The lowest BCUT2D eigenvalue weighted by atomic mass is 10.1. The Morgan fingerprint density at radius 1 is 1.47 bits per heavy atom. The molecule has 0 saturated heterocycles. The lowest BCUT2D eigenvalue weighted by Crippen LogP contribution is -2.18. The average molecular weight is 325 g/mol. The molecule has 1 unspecified atom stereocenters. The summed E-state index contributed by atoms with van der Waals surface area (Å²) >= 11 is 3.31. The number of anilines is 1. The van der Waals surface area contributed by atoms with E-state index in [0.717, 1.165) is 10.2 Å². The summed E-state index contributed by atoms with van der Waals surface area (Å²) in [5.74, 6) is 0.845. The average Bonchev–Trinajstić information content (AvgIpc) is 2.81. The first-order valence-corrected chi connectivity index (χ1v) is 6.58. The fourth-order valence-corrected chi connectivity index (χ4v) is 2.19. The molecule has 1 atom stereocenters. The van der Waals surface area contributed by atoms with E-state index in [1.165, 1.54) is 6.07 Å². The predicted molar refractivity (Wildman–Crippen MR) is 76.3 cm³/mol. The Hall–Kier alpha value is -1.82. The zero-order chi connectivity index (χ0) is 13.8. The second-order valence-corrected chi connectivity index (χ2v) is 5.16. The van der Waals surface area contributed by atoms with Crippen molar-refractivity contribution in [3.63, 3.8) is 0 Å². The number of benzene rings is 1. The van der Waals surface area contributed by atoms with Gasteiger partial charge in [0.1, 0.15) is 11.4 Å². The molecule has 5 nitrogen and oxygen atoms in total. The van der Waals surface area contributed by atoms with E-state index >= 15 is 0 Å². The molecule has 0 aliphatic carbocycles. The van der Waals surface area contributed by atoms with E-state index < -0.39 is 4.92 Å². The minimum Gasteiger partial charge on any atom is -0.469 e. The molecule has 6 heteroatoms. The van der Waals surface area contributed by atoms with Crippen molar-refractivity contribution >= 4 is 27.3 Å². The summed E-state index contributed by atoms with van der Waals surface area (Å²) in [6.07, 6.45) is 2.28. The first kappa shape index (κ1) is 13.6. The maximum absolute atomic E-state index is 11.0. The van der Waals surface area contributed by atoms with Crippen LogP contribution in [0.1, 0.15) is 12.7 Å². The van der Waals surface area contributed by atoms with Crippen LogP contribution in [-0.4, -0.2) is 11.0 Å². The van der Waals surface area contributed by atoms with Crippen molar-refractivity contribution in [3.8, 4) is 0 Å². The lowest BCUT2D eigenvalue weighted by molar-refractivity contribution is -0.384. The molecule has 1 aromatic heterocycles. The van der Waals surface area contributed by atoms with Crippen molar-refractivity contribution in [3.05, 3.63) is 56.9 Å². The largest absolute Gasteiger partial charge is 0.469 e. The highest BCUT2D eigenvalue weighted by Crippen LogP contribution is 2.28. The number of nitro groups is 1. The molecule has 0 fully saturated rings. The fourth-order valence-electron chi connectivity index (χ4n) is 1.83. The molecular formula is C13H13BrN2O3. The molecule has 0 aliphatic heterocycles. The SMILES string of the molecule is CC(Cc1ccco1)Nc1cc(Br)ccc1[N+](=O)[O-]. The quantitative estimate of drug-likeness (QED) is 0.666. The molecule has 0 bridgehead atoms. The van der Waals surface area contributed by atoms with E-state index in [1.54, 1.807) is 18.4 Å². The third-order valence-corrected chi connectivity index (χ3v) is 3.14. The Balaban J connectivity index is 2.13. The Labute approximate surface area is 118 Å². The number of halogens is 1. The third-order valence-electron chi connectivity index (χ3n) is 2.64. The predicted octanol–water partition coefficient (Wildman–Crippen LogP) is 3.99. The Bertz CT molecular complexity index is 569. The highest BCUT2D eigenvalue weighted by atomic mass is 79.9. The van der Waals surface area contributed by atoms with Gasteiger partial charge in [-0.1, -0.05) is 15.9 Å². The monoisotopic (exact) mass is 324 g/mol. The summed E-state index contributed by atoms with van der Waals surface area (Å²) in [5.41, 5.74) is 0.563. The molecule has 2 rings (SSSR count). The minimum absolute atomic E-state index is 0.0270. The van der Waals surface area contributed by atoms with Crippen LogP contribution >= 0.6 is 15.9 Å². The Morgan fingerprint density at radius 2 is 2.26 bits per heavy atom. The molecule has 1 aromatic carbocycles. The number of nitro benzene ring substituents is 1. The first-order chi connectivity index (χ1) is 9.06. The maximum Gasteiger partial charge on any atom is 0.292 e. The van der Waals surface area contributed by atoms with E-state index in [0.29, 0.717) is 12.1 Å². The number of hydrogen-bond donors (Lipinski definition) is 1. The van der Waals surface area contributed by atoms with Crippen LogP contribution in [0.2, 0.25) is 0 Å². The molecule has 0 spiro atoms. The van der Waals surface area contributed by atoms with Gasteiger partial charge in [0.05, 0.1) is 11.2 Å². The summed E-state index contributed by atoms with van der Waals surface area (Å²) in [4.78, 5) is 10.6. The van der Waals surface area contributed by atoms with Crippen LogP contribution in [0.15, 0.2) is 45.5 Å². The lowest BCUT2D eigenvalue weighted by Gasteiger charge is -2.14. The topological polar surface area (TPSA) is 68.3 Å². The van der Waals surface area contributed by atoms with Crippen LogP contribution in [0.5, 0.6) is 0 Å². The Morgan fingerprint density at radius 3 is 2.89 bits per heavy atom. The summed E-state index contributed by atoms with van der Waals surface area (Å²) < 4.78 is 6.06. The van der Waals surface area contributed by atoms with Crippen LogP contribution in [0.25, 0.3) is 0 Å². The van der Waals surface area contributed by atoms with Crippen molar-refractivity contribution < 1.29 is 9.34 Å². The molecule has 100 valence electrons. The maximum atomic E-state index is 11.0. The molecule has 0 saturated carbocycles. The van der Waals surface area contributed by atoms with Crippen molar-refractivity contribution in [1.82, 2.24) is 0 Å². The number of furan rings is 1. The second kappa shape index (κ2) is 5.88. The van der Waals surface area contributed by atoms with Gasteiger partial charge in [0.15, 0.2) is 0 Å². The van der Waals surface area contributed by atoms with Gasteiger partial charge in [-0.2, -0.15) is 0 Å². The molecule has 1 heterocycles. The van der Waals surface area contributed by atoms with E-state index in [9.17, 15) is 10.1 Å². The van der Waals surface area contributed by atoms with E-state index in [4.69, 9.17) is 4.42 Å². The second-order valence-electron chi connectivity index (χ2n) is 4.25. The van der Waals surface area contributed by atoms with Gasteiger partial charge < -0.3 is 9.73 Å². The number of nitrogens with zero attached hydrogens (tertiary/aromatic N) is 1. The summed E-state index contributed by atoms with van der Waals surface area (Å²) in [6.45, 7) is 1.95. The van der Waals surface area contributed by atoms with Crippen LogP contribution in [-0.2, 0) is 6.42 Å². The summed E-state index contributed by atoms with van der Waals surface area (Å²) in [7, 11) is 0. The van der Waals surface area contributed by atoms with Crippen molar-refractivity contribution in [2.24, 2.45) is 0 Å². The first-order valence-electron chi connectivity index (χ1n) is 5.79. The van der Waals surface area contributed by atoms with E-state index in [-0.39, 0.29) is 11.7 Å². The number of hydrogen-bond acceptors (Lipinski definition) is 4. The highest BCUT2D eigenvalue weighted by molar-refractivity contribution is 9.10. The van der Waals surface area contributed by atoms with Crippen molar-refractivity contribution in [1.29, 1.82) is 0 Å². The van der Waals surface area contributed by atoms with E-state index in [1.807, 2.05) is 19.1 Å². The summed E-state index contributed by atoms with van der Waals surface area (Å²) in [5, 5.41) is 14.1. The van der Waals surface area contributed by atoms with Gasteiger partial charge in [-0.15, -0.1) is 0 Å². The van der Waals surface area contributed by atoms with Crippen molar-refractivity contribution in [2.45, 2.75) is 19.4 Å². The number of rotatable bonds is 5.